The number of methoxy groups -OCH3 is 1. The Morgan fingerprint density at radius 2 is 2.16 bits per heavy atom. The number of carbonyl (C=O) groups is 1. The highest BCUT2D eigenvalue weighted by molar-refractivity contribution is 7.09. The van der Waals surface area contributed by atoms with Crippen molar-refractivity contribution in [3.63, 3.8) is 0 Å². The molecule has 25 heavy (non-hydrogen) atoms. The molecular formula is C17H21N5O2S. The van der Waals surface area contributed by atoms with Gasteiger partial charge in [0.25, 0.3) is 0 Å². The van der Waals surface area contributed by atoms with Crippen LogP contribution >= 0.6 is 11.3 Å². The van der Waals surface area contributed by atoms with Gasteiger partial charge in [-0.1, -0.05) is 0 Å². The molecule has 7 nitrogen and oxygen atoms in total. The van der Waals surface area contributed by atoms with Gasteiger partial charge >= 0.3 is 0 Å². The summed E-state index contributed by atoms with van der Waals surface area (Å²) >= 11 is 1.63. The van der Waals surface area contributed by atoms with Crippen molar-refractivity contribution in [1.82, 2.24) is 19.9 Å². The summed E-state index contributed by atoms with van der Waals surface area (Å²) in [6.07, 6.45) is 3.27. The first kappa shape index (κ1) is 16.3. The van der Waals surface area contributed by atoms with Crippen molar-refractivity contribution in [2.75, 3.05) is 31.6 Å². The number of likely N-dealkylation sites (tertiary alicyclic amines) is 1. The number of hydrogen-bond donors (Lipinski definition) is 0. The number of nitrogens with zero attached hydrogens (tertiary/aromatic N) is 5. The number of amides is 1. The highest BCUT2D eigenvalue weighted by Gasteiger charge is 2.51. The van der Waals surface area contributed by atoms with Gasteiger partial charge in [-0.15, -0.1) is 11.3 Å². The molecule has 132 valence electrons. The summed E-state index contributed by atoms with van der Waals surface area (Å²) in [6.45, 7) is 4.95. The summed E-state index contributed by atoms with van der Waals surface area (Å²) in [5.41, 5.74) is 0.701. The highest BCUT2D eigenvalue weighted by Crippen LogP contribution is 2.42. The fourth-order valence-electron chi connectivity index (χ4n) is 3.78. The average Bonchev–Trinajstić information content (AvgIpc) is 3.32. The van der Waals surface area contributed by atoms with Crippen LogP contribution in [0.2, 0.25) is 0 Å². The largest absolute Gasteiger partial charge is 0.481 e. The van der Waals surface area contributed by atoms with Crippen molar-refractivity contribution in [1.29, 1.82) is 0 Å². The highest BCUT2D eigenvalue weighted by atomic mass is 32.1. The summed E-state index contributed by atoms with van der Waals surface area (Å²) < 4.78 is 5.18. The van der Waals surface area contributed by atoms with Gasteiger partial charge in [-0.25, -0.2) is 15.0 Å². The molecule has 2 fully saturated rings. The molecule has 2 aliphatic rings. The minimum absolute atomic E-state index is 0.252. The molecule has 2 aliphatic heterocycles. The number of anilines is 1. The Kier molecular flexibility index (Phi) is 4.07. The zero-order chi connectivity index (χ0) is 17.4. The molecule has 4 heterocycles. The second-order valence-electron chi connectivity index (χ2n) is 6.71. The number of thiazole rings is 1. The summed E-state index contributed by atoms with van der Waals surface area (Å²) in [5, 5.41) is 3.09. The molecule has 2 saturated heterocycles. The van der Waals surface area contributed by atoms with E-state index in [-0.39, 0.29) is 11.3 Å². The number of aryl methyl sites for hydroxylation is 1. The number of aromatic nitrogens is 3. The van der Waals surface area contributed by atoms with E-state index in [1.165, 1.54) is 6.33 Å². The van der Waals surface area contributed by atoms with Gasteiger partial charge in [0, 0.05) is 31.1 Å². The van der Waals surface area contributed by atoms with Crippen LogP contribution < -0.4 is 9.64 Å². The Morgan fingerprint density at radius 1 is 1.32 bits per heavy atom. The van der Waals surface area contributed by atoms with E-state index in [1.54, 1.807) is 18.4 Å². The molecule has 1 spiro atoms. The Morgan fingerprint density at radius 3 is 2.92 bits per heavy atom. The third kappa shape index (κ3) is 2.95. The molecule has 4 rings (SSSR count). The van der Waals surface area contributed by atoms with E-state index in [0.29, 0.717) is 19.0 Å². The molecule has 0 saturated carbocycles. The second-order valence-corrected chi connectivity index (χ2v) is 7.77. The summed E-state index contributed by atoms with van der Waals surface area (Å²) in [4.78, 5) is 30.1. The maximum Gasteiger partial charge on any atom is 0.231 e. The topological polar surface area (TPSA) is 71.5 Å². The van der Waals surface area contributed by atoms with Crippen molar-refractivity contribution >= 4 is 23.1 Å². The van der Waals surface area contributed by atoms with Crippen molar-refractivity contribution < 1.29 is 9.53 Å². The SMILES string of the molecule is COc1cc(N2CC[C@@]3(CCN(Cc4csc(C)n4)C3=O)C2)ncn1. The number of carbonyl (C=O) groups excluding carboxylic acids is 1. The summed E-state index contributed by atoms with van der Waals surface area (Å²) in [7, 11) is 1.59. The molecule has 0 bridgehead atoms. The monoisotopic (exact) mass is 359 g/mol. The minimum atomic E-state index is -0.288. The normalized spacial score (nSPS) is 23.0. The first-order valence-corrected chi connectivity index (χ1v) is 9.29. The van der Waals surface area contributed by atoms with E-state index >= 15 is 0 Å². The molecule has 0 aliphatic carbocycles. The van der Waals surface area contributed by atoms with E-state index in [9.17, 15) is 4.79 Å². The number of ether oxygens (including phenoxy) is 1. The van der Waals surface area contributed by atoms with Crippen LogP contribution in [0.5, 0.6) is 5.88 Å². The lowest BCUT2D eigenvalue weighted by Crippen LogP contribution is -2.36. The quantitative estimate of drug-likeness (QED) is 0.830. The Hall–Kier alpha value is -2.22. The van der Waals surface area contributed by atoms with Crippen LogP contribution in [0.15, 0.2) is 17.8 Å². The first-order chi connectivity index (χ1) is 12.1. The molecule has 1 atom stereocenters. The first-order valence-electron chi connectivity index (χ1n) is 8.41. The van der Waals surface area contributed by atoms with Crippen LogP contribution in [0.25, 0.3) is 0 Å². The lowest BCUT2D eigenvalue weighted by Gasteiger charge is -2.23. The van der Waals surface area contributed by atoms with Gasteiger partial charge < -0.3 is 14.5 Å². The molecule has 1 amide bonds. The van der Waals surface area contributed by atoms with Crippen molar-refractivity contribution in [3.8, 4) is 5.88 Å². The van der Waals surface area contributed by atoms with Gasteiger partial charge in [-0.3, -0.25) is 4.79 Å². The maximum absolute atomic E-state index is 13.1. The van der Waals surface area contributed by atoms with Crippen molar-refractivity contribution in [2.45, 2.75) is 26.3 Å². The van der Waals surface area contributed by atoms with E-state index < -0.39 is 0 Å². The molecule has 8 heteroatoms. The molecule has 2 aromatic heterocycles. The Bertz CT molecular complexity index is 795. The second kappa shape index (κ2) is 6.25. The summed E-state index contributed by atoms with van der Waals surface area (Å²) in [5.74, 6) is 1.62. The zero-order valence-corrected chi connectivity index (χ0v) is 15.3. The number of rotatable bonds is 4. The van der Waals surface area contributed by atoms with Crippen LogP contribution in [-0.2, 0) is 11.3 Å². The predicted molar refractivity (Wildman–Crippen MR) is 94.7 cm³/mol. The lowest BCUT2D eigenvalue weighted by molar-refractivity contribution is -0.135. The predicted octanol–water partition coefficient (Wildman–Crippen LogP) is 1.88. The molecule has 0 aromatic carbocycles. The Balaban J connectivity index is 1.47. The lowest BCUT2D eigenvalue weighted by atomic mass is 9.85. The number of hydrogen-bond acceptors (Lipinski definition) is 7. The maximum atomic E-state index is 13.1. The van der Waals surface area contributed by atoms with Crippen LogP contribution in [0, 0.1) is 12.3 Å². The van der Waals surface area contributed by atoms with Crippen LogP contribution in [0.3, 0.4) is 0 Å². The third-order valence-electron chi connectivity index (χ3n) is 5.14. The van der Waals surface area contributed by atoms with Crippen LogP contribution in [-0.4, -0.2) is 52.5 Å². The Labute approximate surface area is 150 Å². The standard InChI is InChI=1S/C17H21N5O2S/c1-12-20-13(9-25-12)8-21-5-3-17(16(21)23)4-6-22(10-17)14-7-15(24-2)19-11-18-14/h7,9,11H,3-6,8,10H2,1-2H3/t17-/m0/s1. The third-order valence-corrected chi connectivity index (χ3v) is 5.96. The fraction of sp³-hybridized carbons (Fsp3) is 0.529. The summed E-state index contributed by atoms with van der Waals surface area (Å²) in [6, 6.07) is 1.83. The molecule has 2 aromatic rings. The molecule has 0 N–H and O–H groups in total. The molecule has 0 radical (unpaired) electrons. The van der Waals surface area contributed by atoms with Gasteiger partial charge in [0.05, 0.1) is 29.8 Å². The van der Waals surface area contributed by atoms with Gasteiger partial charge in [0.2, 0.25) is 11.8 Å². The van der Waals surface area contributed by atoms with Gasteiger partial charge in [-0.2, -0.15) is 0 Å². The van der Waals surface area contributed by atoms with E-state index in [2.05, 4.69) is 19.9 Å². The van der Waals surface area contributed by atoms with Crippen LogP contribution in [0.1, 0.15) is 23.5 Å². The average molecular weight is 359 g/mol. The van der Waals surface area contributed by atoms with E-state index in [0.717, 1.165) is 42.5 Å². The van der Waals surface area contributed by atoms with Crippen LogP contribution in [0.4, 0.5) is 5.82 Å². The fourth-order valence-corrected chi connectivity index (χ4v) is 4.38. The molecular weight excluding hydrogens is 338 g/mol. The van der Waals surface area contributed by atoms with E-state index in [4.69, 9.17) is 4.74 Å². The van der Waals surface area contributed by atoms with Crippen molar-refractivity contribution in [3.05, 3.63) is 28.5 Å². The van der Waals surface area contributed by atoms with Gasteiger partial charge in [0.15, 0.2) is 0 Å². The van der Waals surface area contributed by atoms with Crippen molar-refractivity contribution in [2.24, 2.45) is 5.41 Å². The van der Waals surface area contributed by atoms with E-state index in [1.807, 2.05) is 23.3 Å². The smallest absolute Gasteiger partial charge is 0.231 e. The minimum Gasteiger partial charge on any atom is -0.481 e. The zero-order valence-electron chi connectivity index (χ0n) is 14.4. The molecule has 0 unspecified atom stereocenters. The van der Waals surface area contributed by atoms with Gasteiger partial charge in [0.1, 0.15) is 12.1 Å². The van der Waals surface area contributed by atoms with Gasteiger partial charge in [-0.05, 0) is 19.8 Å².